The van der Waals surface area contributed by atoms with Crippen molar-refractivity contribution in [1.82, 2.24) is 24.5 Å². The fourth-order valence-corrected chi connectivity index (χ4v) is 2.23. The zero-order valence-corrected chi connectivity index (χ0v) is 12.5. The van der Waals surface area contributed by atoms with E-state index in [4.69, 9.17) is 0 Å². The number of imidazole rings is 1. The van der Waals surface area contributed by atoms with Crippen molar-refractivity contribution >= 4 is 16.9 Å². The molecule has 0 amide bonds. The van der Waals surface area contributed by atoms with Gasteiger partial charge in [0.1, 0.15) is 11.8 Å². The average Bonchev–Trinajstić information content (AvgIpc) is 2.80. The normalized spacial score (nSPS) is 11.0. The Labute approximate surface area is 123 Å². The van der Waals surface area contributed by atoms with Gasteiger partial charge in [-0.3, -0.25) is 0 Å². The lowest BCUT2D eigenvalue weighted by Gasteiger charge is -2.09. The van der Waals surface area contributed by atoms with Gasteiger partial charge in [0.2, 0.25) is 0 Å². The Morgan fingerprint density at radius 1 is 1.10 bits per heavy atom. The number of anilines is 1. The van der Waals surface area contributed by atoms with Crippen LogP contribution in [-0.4, -0.2) is 31.0 Å². The van der Waals surface area contributed by atoms with Gasteiger partial charge in [-0.15, -0.1) is 0 Å². The van der Waals surface area contributed by atoms with Crippen LogP contribution < -0.4 is 5.32 Å². The summed E-state index contributed by atoms with van der Waals surface area (Å²) < 4.78 is 2.13. The summed E-state index contributed by atoms with van der Waals surface area (Å²) >= 11 is 0. The molecular weight excluding hydrogens is 264 g/mol. The number of pyridine rings is 1. The summed E-state index contributed by atoms with van der Waals surface area (Å²) in [6.07, 6.45) is 3.43. The summed E-state index contributed by atoms with van der Waals surface area (Å²) in [6, 6.07) is 3.92. The number of nitrogens with one attached hydrogen (secondary N) is 1. The quantitative estimate of drug-likeness (QED) is 0.795. The van der Waals surface area contributed by atoms with Crippen molar-refractivity contribution in [3.63, 3.8) is 0 Å². The van der Waals surface area contributed by atoms with Crippen LogP contribution >= 0.6 is 0 Å². The highest BCUT2D eigenvalue weighted by Gasteiger charge is 2.06. The summed E-state index contributed by atoms with van der Waals surface area (Å²) in [6.45, 7) is 7.66. The van der Waals surface area contributed by atoms with Crippen LogP contribution in [-0.2, 0) is 6.54 Å². The summed E-state index contributed by atoms with van der Waals surface area (Å²) in [5, 5.41) is 3.34. The number of rotatable bonds is 4. The number of nitrogens with zero attached hydrogens (tertiary/aromatic N) is 5. The maximum Gasteiger partial charge on any atom is 0.156 e. The SMILES string of the molecule is Cc1ccc2ncnc(NCCn3cnc(C)c3C)c2n1. The van der Waals surface area contributed by atoms with Crippen molar-refractivity contribution in [2.24, 2.45) is 0 Å². The highest BCUT2D eigenvalue weighted by atomic mass is 15.1. The number of fused-ring (bicyclic) bond motifs is 1. The lowest BCUT2D eigenvalue weighted by atomic mass is 10.3. The third-order valence-corrected chi connectivity index (χ3v) is 3.61. The molecule has 3 rings (SSSR count). The molecule has 6 heteroatoms. The minimum atomic E-state index is 0.762. The Hall–Kier alpha value is -2.50. The van der Waals surface area contributed by atoms with E-state index in [1.807, 2.05) is 32.3 Å². The smallest absolute Gasteiger partial charge is 0.156 e. The highest BCUT2D eigenvalue weighted by Crippen LogP contribution is 2.16. The second-order valence-corrected chi connectivity index (χ2v) is 5.08. The Morgan fingerprint density at radius 2 is 1.95 bits per heavy atom. The first-order valence-electron chi connectivity index (χ1n) is 6.95. The van der Waals surface area contributed by atoms with Crippen LogP contribution in [0.3, 0.4) is 0 Å². The van der Waals surface area contributed by atoms with Crippen molar-refractivity contribution in [2.45, 2.75) is 27.3 Å². The molecule has 0 aliphatic rings. The average molecular weight is 282 g/mol. The van der Waals surface area contributed by atoms with Gasteiger partial charge in [0, 0.05) is 24.5 Å². The first-order valence-corrected chi connectivity index (χ1v) is 6.95. The maximum atomic E-state index is 4.52. The molecule has 3 aromatic heterocycles. The van der Waals surface area contributed by atoms with Gasteiger partial charge in [-0.05, 0) is 32.9 Å². The summed E-state index contributed by atoms with van der Waals surface area (Å²) in [5.41, 5.74) is 4.89. The molecule has 0 unspecified atom stereocenters. The van der Waals surface area contributed by atoms with Crippen LogP contribution in [0, 0.1) is 20.8 Å². The number of aromatic nitrogens is 5. The van der Waals surface area contributed by atoms with Gasteiger partial charge in [-0.25, -0.2) is 19.9 Å². The molecule has 0 spiro atoms. The van der Waals surface area contributed by atoms with E-state index >= 15 is 0 Å². The summed E-state index contributed by atoms with van der Waals surface area (Å²) in [4.78, 5) is 17.4. The predicted molar refractivity (Wildman–Crippen MR) is 82.3 cm³/mol. The van der Waals surface area contributed by atoms with Crippen LogP contribution in [0.5, 0.6) is 0 Å². The van der Waals surface area contributed by atoms with Crippen molar-refractivity contribution in [3.05, 3.63) is 41.9 Å². The Kier molecular flexibility index (Phi) is 3.51. The molecule has 1 N–H and O–H groups in total. The van der Waals surface area contributed by atoms with Gasteiger partial charge < -0.3 is 9.88 Å². The van der Waals surface area contributed by atoms with Crippen molar-refractivity contribution in [1.29, 1.82) is 0 Å². The zero-order chi connectivity index (χ0) is 14.8. The summed E-state index contributed by atoms with van der Waals surface area (Å²) in [5.74, 6) is 0.776. The van der Waals surface area contributed by atoms with E-state index in [0.29, 0.717) is 0 Å². The lowest BCUT2D eigenvalue weighted by Crippen LogP contribution is -2.12. The largest absolute Gasteiger partial charge is 0.366 e. The topological polar surface area (TPSA) is 68.5 Å². The number of aryl methyl sites for hydroxylation is 2. The molecule has 108 valence electrons. The van der Waals surface area contributed by atoms with Gasteiger partial charge in [-0.1, -0.05) is 0 Å². The van der Waals surface area contributed by atoms with E-state index in [1.54, 1.807) is 6.33 Å². The zero-order valence-electron chi connectivity index (χ0n) is 12.5. The van der Waals surface area contributed by atoms with Gasteiger partial charge in [0.15, 0.2) is 5.82 Å². The van der Waals surface area contributed by atoms with Gasteiger partial charge in [0.05, 0.1) is 17.5 Å². The van der Waals surface area contributed by atoms with Crippen LogP contribution in [0.1, 0.15) is 17.1 Å². The van der Waals surface area contributed by atoms with E-state index in [-0.39, 0.29) is 0 Å². The van der Waals surface area contributed by atoms with Gasteiger partial charge in [0.25, 0.3) is 0 Å². The fraction of sp³-hybridized carbons (Fsp3) is 0.333. The van der Waals surface area contributed by atoms with Crippen LogP contribution in [0.4, 0.5) is 5.82 Å². The summed E-state index contributed by atoms with van der Waals surface area (Å²) in [7, 11) is 0. The van der Waals surface area contributed by atoms with Crippen molar-refractivity contribution in [3.8, 4) is 0 Å². The molecule has 0 saturated carbocycles. The molecule has 0 saturated heterocycles. The Balaban J connectivity index is 1.76. The predicted octanol–water partition coefficient (Wildman–Crippen LogP) is 2.26. The molecule has 0 radical (unpaired) electrons. The third-order valence-electron chi connectivity index (χ3n) is 3.61. The first kappa shape index (κ1) is 13.5. The highest BCUT2D eigenvalue weighted by molar-refractivity contribution is 5.84. The number of hydrogen-bond donors (Lipinski definition) is 1. The van der Waals surface area contributed by atoms with Crippen LogP contribution in [0.25, 0.3) is 11.0 Å². The molecule has 0 aromatic carbocycles. The fourth-order valence-electron chi connectivity index (χ4n) is 2.23. The molecule has 3 heterocycles. The van der Waals surface area contributed by atoms with E-state index in [0.717, 1.165) is 41.3 Å². The van der Waals surface area contributed by atoms with E-state index in [9.17, 15) is 0 Å². The minimum Gasteiger partial charge on any atom is -0.366 e. The molecule has 0 fully saturated rings. The van der Waals surface area contributed by atoms with Crippen molar-refractivity contribution < 1.29 is 0 Å². The standard InChI is InChI=1S/C15H18N6/c1-10-4-5-13-14(20-10)15(18-8-17-13)16-6-7-21-9-19-11(2)12(21)3/h4-5,8-9H,6-7H2,1-3H3,(H,16,17,18). The molecule has 6 nitrogen and oxygen atoms in total. The van der Waals surface area contributed by atoms with E-state index < -0.39 is 0 Å². The molecule has 0 aliphatic heterocycles. The second kappa shape index (κ2) is 5.47. The van der Waals surface area contributed by atoms with E-state index in [1.165, 1.54) is 5.69 Å². The molecule has 21 heavy (non-hydrogen) atoms. The van der Waals surface area contributed by atoms with Crippen molar-refractivity contribution in [2.75, 3.05) is 11.9 Å². The number of hydrogen-bond acceptors (Lipinski definition) is 5. The van der Waals surface area contributed by atoms with Gasteiger partial charge >= 0.3 is 0 Å². The third kappa shape index (κ3) is 2.69. The first-order chi connectivity index (χ1) is 10.1. The van der Waals surface area contributed by atoms with Crippen LogP contribution in [0.15, 0.2) is 24.8 Å². The minimum absolute atomic E-state index is 0.762. The van der Waals surface area contributed by atoms with Gasteiger partial charge in [-0.2, -0.15) is 0 Å². The Morgan fingerprint density at radius 3 is 2.71 bits per heavy atom. The maximum absolute atomic E-state index is 4.52. The molecule has 0 atom stereocenters. The Bertz CT molecular complexity index is 777. The lowest BCUT2D eigenvalue weighted by molar-refractivity contribution is 0.704. The second-order valence-electron chi connectivity index (χ2n) is 5.08. The monoisotopic (exact) mass is 282 g/mol. The molecular formula is C15H18N6. The van der Waals surface area contributed by atoms with Crippen LogP contribution in [0.2, 0.25) is 0 Å². The van der Waals surface area contributed by atoms with E-state index in [2.05, 4.69) is 36.7 Å². The molecule has 0 bridgehead atoms. The molecule has 0 aliphatic carbocycles. The molecule has 3 aromatic rings.